The van der Waals surface area contributed by atoms with Gasteiger partial charge in [-0.15, -0.1) is 0 Å². The number of hydrogen-bond acceptors (Lipinski definition) is 2. The second-order valence-electron chi connectivity index (χ2n) is 3.74. The fourth-order valence-electron chi connectivity index (χ4n) is 1.92. The predicted octanol–water partition coefficient (Wildman–Crippen LogP) is 2.09. The molecule has 1 fully saturated rings. The quantitative estimate of drug-likeness (QED) is 0.633. The molecule has 1 aromatic rings. The third-order valence-electron chi connectivity index (χ3n) is 2.83. The number of rotatable bonds is 1. The van der Waals surface area contributed by atoms with E-state index >= 15 is 0 Å². The summed E-state index contributed by atoms with van der Waals surface area (Å²) in [4.78, 5) is 2.38. The number of hydrogen-bond donors (Lipinski definition) is 0. The molecule has 0 saturated carbocycles. The van der Waals surface area contributed by atoms with Crippen LogP contribution in [0.15, 0.2) is 22.8 Å². The Morgan fingerprint density at radius 2 is 2.42 bits per heavy atom. The van der Waals surface area contributed by atoms with E-state index in [9.17, 15) is 0 Å². The van der Waals surface area contributed by atoms with Crippen LogP contribution in [-0.2, 0) is 0 Å². The molecule has 1 aliphatic rings. The SMILES string of the molecule is CC1C[C@H](c2ccco2)CN1C. The van der Waals surface area contributed by atoms with Crippen LogP contribution in [0.2, 0.25) is 0 Å². The van der Waals surface area contributed by atoms with Crippen LogP contribution in [0.3, 0.4) is 0 Å². The van der Waals surface area contributed by atoms with Crippen molar-refractivity contribution in [1.82, 2.24) is 4.90 Å². The molecule has 0 aromatic carbocycles. The van der Waals surface area contributed by atoms with E-state index in [4.69, 9.17) is 4.42 Å². The molecule has 1 aliphatic heterocycles. The van der Waals surface area contributed by atoms with Crippen LogP contribution in [0, 0.1) is 0 Å². The number of furan rings is 1. The van der Waals surface area contributed by atoms with Gasteiger partial charge in [0.25, 0.3) is 0 Å². The van der Waals surface area contributed by atoms with Crippen molar-refractivity contribution in [2.75, 3.05) is 13.6 Å². The molecule has 1 saturated heterocycles. The maximum absolute atomic E-state index is 5.39. The van der Waals surface area contributed by atoms with Crippen molar-refractivity contribution >= 4 is 0 Å². The van der Waals surface area contributed by atoms with Crippen LogP contribution < -0.4 is 0 Å². The molecule has 1 aromatic heterocycles. The standard InChI is InChI=1S/C10H15NO/c1-8-6-9(7-11(8)2)10-4-3-5-12-10/h3-5,8-9H,6-7H2,1-2H3/t8?,9-/m0/s1. The zero-order chi connectivity index (χ0) is 8.55. The van der Waals surface area contributed by atoms with E-state index in [1.807, 2.05) is 6.07 Å². The second kappa shape index (κ2) is 2.94. The Morgan fingerprint density at radius 3 is 2.92 bits per heavy atom. The van der Waals surface area contributed by atoms with Crippen LogP contribution >= 0.6 is 0 Å². The minimum Gasteiger partial charge on any atom is -0.469 e. The maximum Gasteiger partial charge on any atom is 0.108 e. The van der Waals surface area contributed by atoms with Gasteiger partial charge in [-0.1, -0.05) is 0 Å². The zero-order valence-electron chi connectivity index (χ0n) is 7.66. The third-order valence-corrected chi connectivity index (χ3v) is 2.83. The molecule has 12 heavy (non-hydrogen) atoms. The topological polar surface area (TPSA) is 16.4 Å². The van der Waals surface area contributed by atoms with Crippen LogP contribution in [0.4, 0.5) is 0 Å². The van der Waals surface area contributed by atoms with Gasteiger partial charge in [-0.2, -0.15) is 0 Å². The van der Waals surface area contributed by atoms with Crippen LogP contribution in [0.1, 0.15) is 25.0 Å². The molecule has 1 unspecified atom stereocenters. The first kappa shape index (κ1) is 7.87. The Hall–Kier alpha value is -0.760. The summed E-state index contributed by atoms with van der Waals surface area (Å²) in [6, 6.07) is 4.74. The minimum atomic E-state index is 0.611. The highest BCUT2D eigenvalue weighted by atomic mass is 16.3. The van der Waals surface area contributed by atoms with Gasteiger partial charge < -0.3 is 9.32 Å². The van der Waals surface area contributed by atoms with Gasteiger partial charge in [0.2, 0.25) is 0 Å². The minimum absolute atomic E-state index is 0.611. The fourth-order valence-corrected chi connectivity index (χ4v) is 1.92. The second-order valence-corrected chi connectivity index (χ2v) is 3.74. The Bertz CT molecular complexity index is 232. The van der Waals surface area contributed by atoms with E-state index in [-0.39, 0.29) is 0 Å². The van der Waals surface area contributed by atoms with Crippen molar-refractivity contribution in [2.24, 2.45) is 0 Å². The summed E-state index contributed by atoms with van der Waals surface area (Å²) < 4.78 is 5.39. The number of likely N-dealkylation sites (N-methyl/N-ethyl adjacent to an activating group) is 1. The lowest BCUT2D eigenvalue weighted by Crippen LogP contribution is -2.21. The van der Waals surface area contributed by atoms with Crippen molar-refractivity contribution in [3.63, 3.8) is 0 Å². The lowest BCUT2D eigenvalue weighted by atomic mass is 10.0. The monoisotopic (exact) mass is 165 g/mol. The molecule has 0 bridgehead atoms. The molecule has 0 aliphatic carbocycles. The highest BCUT2D eigenvalue weighted by Gasteiger charge is 2.28. The molecule has 66 valence electrons. The first-order chi connectivity index (χ1) is 5.77. The van der Waals surface area contributed by atoms with Crippen LogP contribution in [-0.4, -0.2) is 24.5 Å². The molecule has 0 N–H and O–H groups in total. The highest BCUT2D eigenvalue weighted by Crippen LogP contribution is 2.30. The van der Waals surface area contributed by atoms with E-state index in [2.05, 4.69) is 24.9 Å². The van der Waals surface area contributed by atoms with Crippen molar-refractivity contribution in [2.45, 2.75) is 25.3 Å². The van der Waals surface area contributed by atoms with Crippen LogP contribution in [0.5, 0.6) is 0 Å². The Balaban J connectivity index is 2.09. The lowest BCUT2D eigenvalue weighted by Gasteiger charge is -2.12. The van der Waals surface area contributed by atoms with Gasteiger partial charge in [0.15, 0.2) is 0 Å². The molecule has 2 heterocycles. The lowest BCUT2D eigenvalue weighted by molar-refractivity contribution is 0.327. The molecule has 2 atom stereocenters. The van der Waals surface area contributed by atoms with Gasteiger partial charge in [0, 0.05) is 18.5 Å². The van der Waals surface area contributed by atoms with Gasteiger partial charge in [-0.3, -0.25) is 0 Å². The largest absolute Gasteiger partial charge is 0.469 e. The summed E-state index contributed by atoms with van der Waals surface area (Å²) in [6.45, 7) is 3.40. The molecule has 2 rings (SSSR count). The predicted molar refractivity (Wildman–Crippen MR) is 48.2 cm³/mol. The van der Waals surface area contributed by atoms with Crippen molar-refractivity contribution in [1.29, 1.82) is 0 Å². The Morgan fingerprint density at radius 1 is 1.58 bits per heavy atom. The smallest absolute Gasteiger partial charge is 0.108 e. The average molecular weight is 165 g/mol. The number of nitrogens with zero attached hydrogens (tertiary/aromatic N) is 1. The van der Waals surface area contributed by atoms with E-state index in [1.165, 1.54) is 6.42 Å². The van der Waals surface area contributed by atoms with E-state index < -0.39 is 0 Å². The van der Waals surface area contributed by atoms with E-state index in [0.717, 1.165) is 12.3 Å². The summed E-state index contributed by atoms with van der Waals surface area (Å²) in [7, 11) is 2.17. The van der Waals surface area contributed by atoms with Gasteiger partial charge in [-0.25, -0.2) is 0 Å². The van der Waals surface area contributed by atoms with Gasteiger partial charge >= 0.3 is 0 Å². The molecular formula is C10H15NO. The van der Waals surface area contributed by atoms with Gasteiger partial charge in [0.1, 0.15) is 5.76 Å². The number of likely N-dealkylation sites (tertiary alicyclic amines) is 1. The van der Waals surface area contributed by atoms with Crippen molar-refractivity contribution < 1.29 is 4.42 Å². The Kier molecular flexibility index (Phi) is 1.93. The first-order valence-corrected chi connectivity index (χ1v) is 4.51. The fraction of sp³-hybridized carbons (Fsp3) is 0.600. The summed E-state index contributed by atoms with van der Waals surface area (Å²) in [5, 5.41) is 0. The highest BCUT2D eigenvalue weighted by molar-refractivity contribution is 5.09. The van der Waals surface area contributed by atoms with Crippen molar-refractivity contribution in [3.8, 4) is 0 Å². The van der Waals surface area contributed by atoms with E-state index in [0.29, 0.717) is 12.0 Å². The summed E-state index contributed by atoms with van der Waals surface area (Å²) in [5.41, 5.74) is 0. The van der Waals surface area contributed by atoms with Gasteiger partial charge in [-0.05, 0) is 32.5 Å². The van der Waals surface area contributed by atoms with Gasteiger partial charge in [0.05, 0.1) is 6.26 Å². The average Bonchev–Trinajstić information content (AvgIpc) is 2.61. The van der Waals surface area contributed by atoms with Crippen molar-refractivity contribution in [3.05, 3.63) is 24.2 Å². The van der Waals surface area contributed by atoms with E-state index in [1.54, 1.807) is 6.26 Å². The molecule has 0 spiro atoms. The van der Waals surface area contributed by atoms with Crippen LogP contribution in [0.25, 0.3) is 0 Å². The first-order valence-electron chi connectivity index (χ1n) is 4.51. The molecular weight excluding hydrogens is 150 g/mol. The zero-order valence-corrected chi connectivity index (χ0v) is 7.66. The summed E-state index contributed by atoms with van der Waals surface area (Å²) in [6.07, 6.45) is 2.99. The third kappa shape index (κ3) is 1.27. The summed E-state index contributed by atoms with van der Waals surface area (Å²) >= 11 is 0. The maximum atomic E-state index is 5.39. The molecule has 0 amide bonds. The molecule has 0 radical (unpaired) electrons. The Labute approximate surface area is 73.2 Å². The summed E-state index contributed by atoms with van der Waals surface area (Å²) in [5.74, 6) is 1.76. The normalized spacial score (nSPS) is 31.2. The molecule has 2 nitrogen and oxygen atoms in total. The molecule has 2 heteroatoms.